The summed E-state index contributed by atoms with van der Waals surface area (Å²) in [5, 5.41) is 8.36. The van der Waals surface area contributed by atoms with Crippen LogP contribution in [0.4, 0.5) is 0 Å². The van der Waals surface area contributed by atoms with Crippen LogP contribution in [-0.2, 0) is 13.2 Å². The largest absolute Gasteiger partial charge is 0.487 e. The second kappa shape index (κ2) is 7.59. The number of fused-ring (bicyclic) bond motifs is 1. The molecule has 0 amide bonds. The van der Waals surface area contributed by atoms with Crippen molar-refractivity contribution in [2.75, 3.05) is 0 Å². The quantitative estimate of drug-likeness (QED) is 0.472. The molecule has 0 aliphatic heterocycles. The summed E-state index contributed by atoms with van der Waals surface area (Å²) in [5.74, 6) is 1.63. The highest BCUT2D eigenvalue weighted by Gasteiger charge is 2.06. The summed E-state index contributed by atoms with van der Waals surface area (Å²) < 4.78 is 7.68. The van der Waals surface area contributed by atoms with Gasteiger partial charge in [0, 0.05) is 5.56 Å². The zero-order valence-electron chi connectivity index (χ0n) is 15.7. The van der Waals surface area contributed by atoms with Crippen LogP contribution in [0.25, 0.3) is 22.4 Å². The number of hydrogen-bond donors (Lipinski definition) is 1. The van der Waals surface area contributed by atoms with E-state index < -0.39 is 0 Å². The number of rotatable bonds is 6. The minimum atomic E-state index is 0.374. The lowest BCUT2D eigenvalue weighted by Gasteiger charge is -2.04. The van der Waals surface area contributed by atoms with Crippen molar-refractivity contribution in [2.24, 2.45) is 0 Å². The predicted octanol–water partition coefficient (Wildman–Crippen LogP) is 4.45. The molecule has 6 nitrogen and oxygen atoms in total. The summed E-state index contributed by atoms with van der Waals surface area (Å²) >= 11 is 0. The zero-order valence-corrected chi connectivity index (χ0v) is 15.7. The molecule has 0 saturated heterocycles. The number of hydrogen-bond acceptors (Lipinski definition) is 4. The number of ether oxygens (including phenoxy) is 1. The van der Waals surface area contributed by atoms with Crippen LogP contribution in [-0.4, -0.2) is 25.0 Å². The topological polar surface area (TPSA) is 68.6 Å². The van der Waals surface area contributed by atoms with Gasteiger partial charge in [0.1, 0.15) is 23.9 Å². The number of benzene rings is 3. The predicted molar refractivity (Wildman–Crippen MR) is 111 cm³/mol. The molecule has 0 atom stereocenters. The Labute approximate surface area is 167 Å². The highest BCUT2D eigenvalue weighted by Crippen LogP contribution is 2.23. The lowest BCUT2D eigenvalue weighted by molar-refractivity contribution is 0.301. The molecule has 0 radical (unpaired) electrons. The SMILES string of the molecule is c1ccc(Cn2cc(COc3ccc(-c4nc5ccccc5[nH]4)cc3)nn2)cc1. The molecule has 0 fully saturated rings. The van der Waals surface area contributed by atoms with Gasteiger partial charge in [-0.15, -0.1) is 5.10 Å². The minimum Gasteiger partial charge on any atom is -0.487 e. The number of aromatic nitrogens is 5. The third-order valence-electron chi connectivity index (χ3n) is 4.68. The average molecular weight is 381 g/mol. The van der Waals surface area contributed by atoms with Gasteiger partial charge in [-0.25, -0.2) is 9.67 Å². The lowest BCUT2D eigenvalue weighted by atomic mass is 10.2. The zero-order chi connectivity index (χ0) is 19.5. The van der Waals surface area contributed by atoms with Crippen LogP contribution in [0.2, 0.25) is 0 Å². The fourth-order valence-corrected chi connectivity index (χ4v) is 3.21. The summed E-state index contributed by atoms with van der Waals surface area (Å²) in [7, 11) is 0. The summed E-state index contributed by atoms with van der Waals surface area (Å²) in [4.78, 5) is 7.96. The summed E-state index contributed by atoms with van der Waals surface area (Å²) in [6.45, 7) is 1.07. The van der Waals surface area contributed by atoms with Gasteiger partial charge in [-0.05, 0) is 42.0 Å². The van der Waals surface area contributed by atoms with Gasteiger partial charge in [0.25, 0.3) is 0 Å². The third-order valence-corrected chi connectivity index (χ3v) is 4.68. The number of nitrogens with one attached hydrogen (secondary N) is 1. The molecule has 1 N–H and O–H groups in total. The molecule has 3 aromatic carbocycles. The van der Waals surface area contributed by atoms with Crippen molar-refractivity contribution >= 4 is 11.0 Å². The average Bonchev–Trinajstić information content (AvgIpc) is 3.40. The first-order chi connectivity index (χ1) is 14.3. The second-order valence-corrected chi connectivity index (χ2v) is 6.81. The van der Waals surface area contributed by atoms with E-state index in [1.54, 1.807) is 0 Å². The van der Waals surface area contributed by atoms with Crippen LogP contribution in [0, 0.1) is 0 Å². The number of aromatic amines is 1. The van der Waals surface area contributed by atoms with Crippen molar-refractivity contribution in [3.63, 3.8) is 0 Å². The van der Waals surface area contributed by atoms with E-state index >= 15 is 0 Å². The van der Waals surface area contributed by atoms with Gasteiger partial charge in [-0.1, -0.05) is 47.7 Å². The maximum atomic E-state index is 5.86. The van der Waals surface area contributed by atoms with Crippen molar-refractivity contribution in [3.8, 4) is 17.1 Å². The number of nitrogens with zero attached hydrogens (tertiary/aromatic N) is 4. The van der Waals surface area contributed by atoms with E-state index in [1.165, 1.54) is 5.56 Å². The first kappa shape index (κ1) is 17.2. The molecule has 0 unspecified atom stereocenters. The molecule has 5 aromatic rings. The molecule has 29 heavy (non-hydrogen) atoms. The van der Waals surface area contributed by atoms with E-state index in [9.17, 15) is 0 Å². The van der Waals surface area contributed by atoms with Crippen molar-refractivity contribution in [3.05, 3.63) is 96.3 Å². The Bertz CT molecular complexity index is 1190. The Morgan fingerprint density at radius 1 is 0.862 bits per heavy atom. The summed E-state index contributed by atoms with van der Waals surface area (Å²) in [5.41, 5.74) is 4.98. The fourth-order valence-electron chi connectivity index (χ4n) is 3.21. The summed E-state index contributed by atoms with van der Waals surface area (Å²) in [6.07, 6.45) is 1.91. The number of imidazole rings is 1. The molecule has 0 aliphatic carbocycles. The second-order valence-electron chi connectivity index (χ2n) is 6.81. The van der Waals surface area contributed by atoms with Gasteiger partial charge in [0.15, 0.2) is 0 Å². The molecule has 2 aromatic heterocycles. The van der Waals surface area contributed by atoms with Gasteiger partial charge in [-0.3, -0.25) is 0 Å². The van der Waals surface area contributed by atoms with Crippen molar-refractivity contribution in [1.29, 1.82) is 0 Å². The molecule has 5 rings (SSSR count). The summed E-state index contributed by atoms with van der Waals surface area (Å²) in [6, 6.07) is 26.1. The van der Waals surface area contributed by atoms with Crippen LogP contribution >= 0.6 is 0 Å². The van der Waals surface area contributed by atoms with Crippen molar-refractivity contribution in [2.45, 2.75) is 13.2 Å². The van der Waals surface area contributed by atoms with Gasteiger partial charge in [0.2, 0.25) is 0 Å². The highest BCUT2D eigenvalue weighted by molar-refractivity contribution is 5.79. The Morgan fingerprint density at radius 3 is 2.48 bits per heavy atom. The maximum absolute atomic E-state index is 5.86. The standard InChI is InChI=1S/C23H19N5O/c1-2-6-17(7-3-1)14-28-15-19(26-27-28)16-29-20-12-10-18(11-13-20)23-24-21-8-4-5-9-22(21)25-23/h1-13,15H,14,16H2,(H,24,25). The Hall–Kier alpha value is -3.93. The Balaban J connectivity index is 1.22. The lowest BCUT2D eigenvalue weighted by Crippen LogP contribution is -2.00. The van der Waals surface area contributed by atoms with E-state index in [2.05, 4.69) is 32.4 Å². The normalized spacial score (nSPS) is 11.0. The number of H-pyrrole nitrogens is 1. The highest BCUT2D eigenvalue weighted by atomic mass is 16.5. The van der Waals surface area contributed by atoms with E-state index in [1.807, 2.05) is 77.6 Å². The van der Waals surface area contributed by atoms with Crippen LogP contribution < -0.4 is 4.74 Å². The monoisotopic (exact) mass is 381 g/mol. The molecular formula is C23H19N5O. The van der Waals surface area contributed by atoms with E-state index in [0.717, 1.165) is 33.9 Å². The van der Waals surface area contributed by atoms with E-state index in [4.69, 9.17) is 4.74 Å². The molecule has 6 heteroatoms. The van der Waals surface area contributed by atoms with Crippen LogP contribution in [0.3, 0.4) is 0 Å². The Kier molecular flexibility index (Phi) is 4.50. The van der Waals surface area contributed by atoms with Gasteiger partial charge in [0.05, 0.1) is 23.8 Å². The van der Waals surface area contributed by atoms with Crippen molar-refractivity contribution < 1.29 is 4.74 Å². The van der Waals surface area contributed by atoms with Gasteiger partial charge < -0.3 is 9.72 Å². The minimum absolute atomic E-state index is 0.374. The fraction of sp³-hybridized carbons (Fsp3) is 0.0870. The molecule has 0 bridgehead atoms. The first-order valence-electron chi connectivity index (χ1n) is 9.44. The number of para-hydroxylation sites is 2. The van der Waals surface area contributed by atoms with E-state index in [0.29, 0.717) is 13.2 Å². The van der Waals surface area contributed by atoms with Gasteiger partial charge >= 0.3 is 0 Å². The third kappa shape index (κ3) is 3.87. The van der Waals surface area contributed by atoms with Crippen LogP contribution in [0.5, 0.6) is 5.75 Å². The van der Waals surface area contributed by atoms with Gasteiger partial charge in [-0.2, -0.15) is 0 Å². The molecule has 0 saturated carbocycles. The van der Waals surface area contributed by atoms with Crippen LogP contribution in [0.15, 0.2) is 85.1 Å². The molecule has 0 aliphatic rings. The molecule has 0 spiro atoms. The molecule has 2 heterocycles. The van der Waals surface area contributed by atoms with Crippen molar-refractivity contribution in [1.82, 2.24) is 25.0 Å². The molecular weight excluding hydrogens is 362 g/mol. The molecule has 142 valence electrons. The Morgan fingerprint density at radius 2 is 1.66 bits per heavy atom. The van der Waals surface area contributed by atoms with Crippen LogP contribution in [0.1, 0.15) is 11.3 Å². The van der Waals surface area contributed by atoms with E-state index in [-0.39, 0.29) is 0 Å². The first-order valence-corrected chi connectivity index (χ1v) is 9.44. The maximum Gasteiger partial charge on any atom is 0.138 e. The smallest absolute Gasteiger partial charge is 0.138 e.